The Kier molecular flexibility index (Phi) is 8.13. The molecule has 0 nitrogen and oxygen atoms in total. The van der Waals surface area contributed by atoms with Gasteiger partial charge >= 0.3 is 0 Å². The first kappa shape index (κ1) is 27.4. The smallest absolute Gasteiger partial charge is 0.00899 e. The molecule has 202 valence electrons. The van der Waals surface area contributed by atoms with E-state index in [1.54, 1.807) is 0 Å². The molecule has 0 N–H and O–H groups in total. The lowest BCUT2D eigenvalue weighted by Crippen LogP contribution is -2.18. The molecule has 0 aromatic heterocycles. The van der Waals surface area contributed by atoms with Crippen molar-refractivity contribution in [1.29, 1.82) is 0 Å². The summed E-state index contributed by atoms with van der Waals surface area (Å²) in [6.07, 6.45) is 15.4. The molecule has 39 heavy (non-hydrogen) atoms. The number of hydrogen-bond donors (Lipinski definition) is 0. The van der Waals surface area contributed by atoms with E-state index in [-0.39, 0.29) is 0 Å². The standard InChI is InChI=1S/C39H46/c1-8-9-10-11-12-13-14-15-16-28-17-18-32-34-23-20-30(26(4)5)37-31(27(6)7)21-24-35(39(34)37)33-22-19-29(25(2)3)36(28)38(32)33/h17-20,22-24,31H,2,4,6,8-16,21H2,1,3,5,7H3. The SMILES string of the molecule is C=C(C)c1ccc2c3c1C(C(=C)C)CC=c3c1ccc(C(=C)C)c3c(CCCCCCCCCC)ccc2c31. The van der Waals surface area contributed by atoms with Gasteiger partial charge in [0.05, 0.1) is 0 Å². The Bertz CT molecular complexity index is 1640. The van der Waals surface area contributed by atoms with Crippen molar-refractivity contribution in [3.8, 4) is 0 Å². The molecule has 0 bridgehead atoms. The van der Waals surface area contributed by atoms with Crippen LogP contribution in [-0.2, 0) is 6.42 Å². The minimum Gasteiger partial charge on any atom is -0.0995 e. The van der Waals surface area contributed by atoms with Gasteiger partial charge < -0.3 is 0 Å². The molecule has 0 heterocycles. The average Bonchev–Trinajstić information content (AvgIpc) is 2.92. The summed E-state index contributed by atoms with van der Waals surface area (Å²) in [5.41, 5.74) is 9.03. The van der Waals surface area contributed by atoms with Gasteiger partial charge in [0.15, 0.2) is 0 Å². The van der Waals surface area contributed by atoms with Crippen molar-refractivity contribution in [3.63, 3.8) is 0 Å². The first-order chi connectivity index (χ1) is 18.8. The number of fused-ring (bicyclic) bond motifs is 2. The fraction of sp³-hybridized carbons (Fsp3) is 0.385. The number of unbranched alkanes of at least 4 members (excludes halogenated alkanes) is 7. The van der Waals surface area contributed by atoms with E-state index in [0.29, 0.717) is 5.92 Å². The minimum absolute atomic E-state index is 0.336. The summed E-state index contributed by atoms with van der Waals surface area (Å²) in [6, 6.07) is 14.2. The van der Waals surface area contributed by atoms with E-state index in [9.17, 15) is 0 Å². The molecule has 0 heteroatoms. The van der Waals surface area contributed by atoms with Crippen LogP contribution in [0.5, 0.6) is 0 Å². The first-order valence-corrected chi connectivity index (χ1v) is 15.3. The Morgan fingerprint density at radius 1 is 0.667 bits per heavy atom. The van der Waals surface area contributed by atoms with Crippen molar-refractivity contribution in [2.24, 2.45) is 0 Å². The molecule has 0 saturated carbocycles. The van der Waals surface area contributed by atoms with Crippen LogP contribution in [0.15, 0.2) is 61.7 Å². The molecular formula is C39H46. The lowest BCUT2D eigenvalue weighted by molar-refractivity contribution is 0.576. The summed E-state index contributed by atoms with van der Waals surface area (Å²) in [5, 5.41) is 9.77. The van der Waals surface area contributed by atoms with Crippen LogP contribution in [-0.4, -0.2) is 0 Å². The highest BCUT2D eigenvalue weighted by atomic mass is 14.3. The molecule has 1 unspecified atom stereocenters. The zero-order valence-electron chi connectivity index (χ0n) is 24.8. The van der Waals surface area contributed by atoms with Crippen LogP contribution in [0.4, 0.5) is 0 Å². The maximum atomic E-state index is 4.40. The van der Waals surface area contributed by atoms with Gasteiger partial charge in [-0.2, -0.15) is 0 Å². The van der Waals surface area contributed by atoms with Crippen LogP contribution in [0.25, 0.3) is 49.5 Å². The van der Waals surface area contributed by atoms with Crippen molar-refractivity contribution < 1.29 is 0 Å². The molecule has 4 aromatic rings. The van der Waals surface area contributed by atoms with Crippen molar-refractivity contribution >= 4 is 49.5 Å². The van der Waals surface area contributed by atoms with Gasteiger partial charge in [-0.1, -0.05) is 131 Å². The highest BCUT2D eigenvalue weighted by Gasteiger charge is 2.25. The van der Waals surface area contributed by atoms with E-state index in [0.717, 1.165) is 24.0 Å². The van der Waals surface area contributed by atoms with E-state index in [1.807, 2.05) is 0 Å². The second-order valence-electron chi connectivity index (χ2n) is 12.2. The van der Waals surface area contributed by atoms with Crippen LogP contribution in [0.2, 0.25) is 0 Å². The van der Waals surface area contributed by atoms with Gasteiger partial charge in [0, 0.05) is 5.92 Å². The molecule has 0 amide bonds. The average molecular weight is 515 g/mol. The summed E-state index contributed by atoms with van der Waals surface area (Å²) in [4.78, 5) is 0. The molecule has 1 aliphatic rings. The van der Waals surface area contributed by atoms with Crippen molar-refractivity contribution in [2.75, 3.05) is 0 Å². The maximum absolute atomic E-state index is 4.40. The lowest BCUT2D eigenvalue weighted by atomic mass is 9.76. The highest BCUT2D eigenvalue weighted by Crippen LogP contribution is 2.44. The zero-order chi connectivity index (χ0) is 27.7. The molecule has 0 aliphatic heterocycles. The number of benzene rings is 4. The van der Waals surface area contributed by atoms with Crippen LogP contribution < -0.4 is 5.22 Å². The van der Waals surface area contributed by atoms with E-state index < -0.39 is 0 Å². The minimum atomic E-state index is 0.336. The molecule has 4 aromatic carbocycles. The summed E-state index contributed by atoms with van der Waals surface area (Å²) < 4.78 is 0. The van der Waals surface area contributed by atoms with Crippen LogP contribution in [0, 0.1) is 0 Å². The normalized spacial score (nSPS) is 14.7. The summed E-state index contributed by atoms with van der Waals surface area (Å²) in [7, 11) is 0. The van der Waals surface area contributed by atoms with Crippen LogP contribution in [0.1, 0.15) is 114 Å². The topological polar surface area (TPSA) is 0 Å². The van der Waals surface area contributed by atoms with Gasteiger partial charge in [-0.25, -0.2) is 0 Å². The highest BCUT2D eigenvalue weighted by molar-refractivity contribution is 6.25. The summed E-state index contributed by atoms with van der Waals surface area (Å²) >= 11 is 0. The van der Waals surface area contributed by atoms with E-state index >= 15 is 0 Å². The van der Waals surface area contributed by atoms with E-state index in [4.69, 9.17) is 0 Å². The second kappa shape index (κ2) is 11.5. The third-order valence-corrected chi connectivity index (χ3v) is 9.06. The van der Waals surface area contributed by atoms with E-state index in [2.05, 4.69) is 89.9 Å². The van der Waals surface area contributed by atoms with Gasteiger partial charge in [0.1, 0.15) is 0 Å². The molecule has 1 atom stereocenters. The van der Waals surface area contributed by atoms with Crippen molar-refractivity contribution in [1.82, 2.24) is 0 Å². The fourth-order valence-electron chi connectivity index (χ4n) is 7.04. The Morgan fingerprint density at radius 3 is 1.92 bits per heavy atom. The lowest BCUT2D eigenvalue weighted by Gasteiger charge is -2.28. The third-order valence-electron chi connectivity index (χ3n) is 9.06. The van der Waals surface area contributed by atoms with Crippen LogP contribution >= 0.6 is 0 Å². The number of aryl methyl sites for hydroxylation is 1. The number of hydrogen-bond acceptors (Lipinski definition) is 0. The van der Waals surface area contributed by atoms with Gasteiger partial charge in [0.2, 0.25) is 0 Å². The Balaban J connectivity index is 1.66. The fourth-order valence-corrected chi connectivity index (χ4v) is 7.04. The van der Waals surface area contributed by atoms with Crippen LogP contribution in [0.3, 0.4) is 0 Å². The Hall–Kier alpha value is -3.12. The van der Waals surface area contributed by atoms with Gasteiger partial charge in [0.25, 0.3) is 0 Å². The van der Waals surface area contributed by atoms with Crippen molar-refractivity contribution in [3.05, 3.63) is 89.2 Å². The Morgan fingerprint density at radius 2 is 1.26 bits per heavy atom. The predicted octanol–water partition coefficient (Wildman–Crippen LogP) is 11.5. The second-order valence-corrected chi connectivity index (χ2v) is 12.2. The molecule has 0 fully saturated rings. The van der Waals surface area contributed by atoms with Crippen molar-refractivity contribution in [2.45, 2.75) is 97.8 Å². The summed E-state index contributed by atoms with van der Waals surface area (Å²) in [5.74, 6) is 0.336. The largest absolute Gasteiger partial charge is 0.0995 e. The van der Waals surface area contributed by atoms with E-state index in [1.165, 1.54) is 117 Å². The number of rotatable bonds is 12. The molecule has 5 rings (SSSR count). The summed E-state index contributed by atoms with van der Waals surface area (Å²) in [6.45, 7) is 21.9. The monoisotopic (exact) mass is 514 g/mol. The quantitative estimate of drug-likeness (QED) is 0.0763. The maximum Gasteiger partial charge on any atom is 0.00899 e. The molecule has 1 aliphatic carbocycles. The molecule has 0 spiro atoms. The predicted molar refractivity (Wildman–Crippen MR) is 177 cm³/mol. The number of allylic oxidation sites excluding steroid dienone is 3. The Labute approximate surface area is 236 Å². The van der Waals surface area contributed by atoms with Gasteiger partial charge in [-0.3, -0.25) is 0 Å². The molecule has 0 saturated heterocycles. The molecule has 0 radical (unpaired) electrons. The third kappa shape index (κ3) is 5.00. The van der Waals surface area contributed by atoms with Gasteiger partial charge in [-0.15, -0.1) is 0 Å². The first-order valence-electron chi connectivity index (χ1n) is 15.3. The molecular weight excluding hydrogens is 468 g/mol. The zero-order valence-corrected chi connectivity index (χ0v) is 24.8. The van der Waals surface area contributed by atoms with Gasteiger partial charge in [-0.05, 0) is 99.8 Å².